The Balaban J connectivity index is 2.09. The molecule has 3 nitrogen and oxygen atoms in total. The minimum Gasteiger partial charge on any atom is -0.344 e. The van der Waals surface area contributed by atoms with Crippen molar-refractivity contribution >= 4 is 17.2 Å². The molecule has 0 bridgehead atoms. The van der Waals surface area contributed by atoms with Crippen molar-refractivity contribution in [2.75, 3.05) is 0 Å². The average Bonchev–Trinajstić information content (AvgIpc) is 2.92. The van der Waals surface area contributed by atoms with E-state index in [0.717, 1.165) is 17.7 Å². The van der Waals surface area contributed by atoms with Crippen molar-refractivity contribution in [1.82, 2.24) is 10.3 Å². The smallest absolute Gasteiger partial charge is 0.253 e. The average molecular weight is 278 g/mol. The summed E-state index contributed by atoms with van der Waals surface area (Å²) in [5.41, 5.74) is 0.374. The highest BCUT2D eigenvalue weighted by Crippen LogP contribution is 2.23. The van der Waals surface area contributed by atoms with E-state index in [2.05, 4.69) is 17.2 Å². The molecule has 0 spiro atoms. The molecule has 0 saturated carbocycles. The molecule has 1 N–H and O–H groups in total. The minimum atomic E-state index is -0.583. The van der Waals surface area contributed by atoms with E-state index >= 15 is 0 Å². The lowest BCUT2D eigenvalue weighted by Gasteiger charge is -2.16. The van der Waals surface area contributed by atoms with Gasteiger partial charge in [-0.1, -0.05) is 19.4 Å². The van der Waals surface area contributed by atoms with Crippen LogP contribution >= 0.6 is 11.3 Å². The fraction of sp³-hybridized carbons (Fsp3) is 0.286. The molecule has 2 aromatic heterocycles. The van der Waals surface area contributed by atoms with Crippen LogP contribution < -0.4 is 5.32 Å². The number of nitrogens with zero attached hydrogens (tertiary/aromatic N) is 1. The molecule has 2 heterocycles. The molecule has 0 fully saturated rings. The highest BCUT2D eigenvalue weighted by atomic mass is 32.1. The summed E-state index contributed by atoms with van der Waals surface area (Å²) in [6.45, 7) is 2.08. The number of hydrogen-bond acceptors (Lipinski definition) is 3. The maximum atomic E-state index is 12.7. The molecule has 100 valence electrons. The van der Waals surface area contributed by atoms with E-state index in [0.29, 0.717) is 5.56 Å². The van der Waals surface area contributed by atoms with Crippen molar-refractivity contribution in [3.63, 3.8) is 0 Å². The van der Waals surface area contributed by atoms with E-state index in [1.54, 1.807) is 11.3 Å². The Hall–Kier alpha value is -1.75. The molecule has 0 saturated heterocycles. The highest BCUT2D eigenvalue weighted by molar-refractivity contribution is 7.10. The van der Waals surface area contributed by atoms with Crippen molar-refractivity contribution in [3.8, 4) is 0 Å². The van der Waals surface area contributed by atoms with Crippen molar-refractivity contribution in [2.24, 2.45) is 0 Å². The first-order valence-corrected chi connectivity index (χ1v) is 7.04. The molecule has 1 atom stereocenters. The number of pyridine rings is 1. The third-order valence-electron chi connectivity index (χ3n) is 2.76. The van der Waals surface area contributed by atoms with Crippen molar-refractivity contribution < 1.29 is 9.18 Å². The summed E-state index contributed by atoms with van der Waals surface area (Å²) in [6, 6.07) is 6.61. The van der Waals surface area contributed by atoms with Gasteiger partial charge < -0.3 is 5.32 Å². The number of hydrogen-bond donors (Lipinski definition) is 1. The molecule has 19 heavy (non-hydrogen) atoms. The Morgan fingerprint density at radius 2 is 2.32 bits per heavy atom. The Morgan fingerprint density at radius 1 is 1.47 bits per heavy atom. The largest absolute Gasteiger partial charge is 0.344 e. The van der Waals surface area contributed by atoms with Crippen LogP contribution in [0.15, 0.2) is 35.8 Å². The van der Waals surface area contributed by atoms with Crippen LogP contribution in [0, 0.1) is 5.95 Å². The van der Waals surface area contributed by atoms with Crippen molar-refractivity contribution in [1.29, 1.82) is 0 Å². The van der Waals surface area contributed by atoms with E-state index in [-0.39, 0.29) is 11.9 Å². The lowest BCUT2D eigenvalue weighted by molar-refractivity contribution is 0.0934. The predicted octanol–water partition coefficient (Wildman–Crippen LogP) is 3.55. The standard InChI is InChI=1S/C14H15FN2OS/c1-2-4-11(12-5-3-8-19-12)17-14(18)10-6-7-13(15)16-9-10/h3,5-9,11H,2,4H2,1H3,(H,17,18). The third-order valence-corrected chi connectivity index (χ3v) is 3.74. The molecular formula is C14H15FN2OS. The van der Waals surface area contributed by atoms with Gasteiger partial charge in [0.25, 0.3) is 5.91 Å². The molecule has 2 aromatic rings. The molecular weight excluding hydrogens is 263 g/mol. The minimum absolute atomic E-state index is 0.00236. The predicted molar refractivity (Wildman–Crippen MR) is 73.6 cm³/mol. The van der Waals surface area contributed by atoms with Gasteiger partial charge in [0.15, 0.2) is 0 Å². The fourth-order valence-electron chi connectivity index (χ4n) is 1.82. The zero-order chi connectivity index (χ0) is 13.7. The second-order valence-electron chi connectivity index (χ2n) is 4.20. The second-order valence-corrected chi connectivity index (χ2v) is 5.18. The number of halogens is 1. The lowest BCUT2D eigenvalue weighted by Crippen LogP contribution is -2.28. The molecule has 0 aliphatic carbocycles. The lowest BCUT2D eigenvalue weighted by atomic mass is 10.1. The topological polar surface area (TPSA) is 42.0 Å². The van der Waals surface area contributed by atoms with Crippen LogP contribution in [0.4, 0.5) is 4.39 Å². The van der Waals surface area contributed by atoms with Gasteiger partial charge in [0, 0.05) is 11.1 Å². The van der Waals surface area contributed by atoms with Gasteiger partial charge >= 0.3 is 0 Å². The normalized spacial score (nSPS) is 12.1. The van der Waals surface area contributed by atoms with Gasteiger partial charge in [0.1, 0.15) is 0 Å². The number of carbonyl (C=O) groups excluding carboxylic acids is 1. The van der Waals surface area contributed by atoms with E-state index in [1.165, 1.54) is 18.3 Å². The fourth-order valence-corrected chi connectivity index (χ4v) is 2.63. The van der Waals surface area contributed by atoms with Crippen molar-refractivity contribution in [3.05, 3.63) is 52.2 Å². The Morgan fingerprint density at radius 3 is 2.89 bits per heavy atom. The van der Waals surface area contributed by atoms with Gasteiger partial charge in [-0.05, 0) is 30.0 Å². The molecule has 0 radical (unpaired) electrons. The zero-order valence-corrected chi connectivity index (χ0v) is 11.4. The Labute approximate surface area is 115 Å². The van der Waals surface area contributed by atoms with Gasteiger partial charge in [0.2, 0.25) is 5.95 Å². The molecule has 0 aliphatic heterocycles. The molecule has 0 aliphatic rings. The SMILES string of the molecule is CCCC(NC(=O)c1ccc(F)nc1)c1cccs1. The van der Waals surface area contributed by atoms with Gasteiger partial charge in [-0.15, -0.1) is 11.3 Å². The summed E-state index contributed by atoms with van der Waals surface area (Å²) in [7, 11) is 0. The number of thiophene rings is 1. The third kappa shape index (κ3) is 3.61. The summed E-state index contributed by atoms with van der Waals surface area (Å²) < 4.78 is 12.7. The van der Waals surface area contributed by atoms with Crippen LogP contribution in [-0.2, 0) is 0 Å². The maximum absolute atomic E-state index is 12.7. The first kappa shape index (κ1) is 13.7. The second kappa shape index (κ2) is 6.43. The molecule has 1 amide bonds. The number of aromatic nitrogens is 1. The van der Waals surface area contributed by atoms with Crippen molar-refractivity contribution in [2.45, 2.75) is 25.8 Å². The Bertz CT molecular complexity index is 525. The van der Waals surface area contributed by atoms with Gasteiger partial charge in [-0.25, -0.2) is 4.98 Å². The van der Waals surface area contributed by atoms with Crippen LogP contribution in [0.5, 0.6) is 0 Å². The van der Waals surface area contributed by atoms with Gasteiger partial charge in [-0.3, -0.25) is 4.79 Å². The Kier molecular flexibility index (Phi) is 4.63. The van der Waals surface area contributed by atoms with E-state index in [4.69, 9.17) is 0 Å². The number of rotatable bonds is 5. The summed E-state index contributed by atoms with van der Waals surface area (Å²) in [6.07, 6.45) is 3.10. The summed E-state index contributed by atoms with van der Waals surface area (Å²) in [4.78, 5) is 16.7. The monoisotopic (exact) mass is 278 g/mol. The molecule has 0 aromatic carbocycles. The molecule has 2 rings (SSSR count). The van der Waals surface area contributed by atoms with E-state index in [9.17, 15) is 9.18 Å². The highest BCUT2D eigenvalue weighted by Gasteiger charge is 2.16. The summed E-state index contributed by atoms with van der Waals surface area (Å²) in [5, 5.41) is 4.95. The van der Waals surface area contributed by atoms with Crippen LogP contribution in [0.25, 0.3) is 0 Å². The number of carbonyl (C=O) groups is 1. The first-order valence-electron chi connectivity index (χ1n) is 6.16. The maximum Gasteiger partial charge on any atom is 0.253 e. The van der Waals surface area contributed by atoms with E-state index < -0.39 is 5.95 Å². The molecule has 1 unspecified atom stereocenters. The first-order chi connectivity index (χ1) is 9.20. The van der Waals surface area contributed by atoms with Crippen LogP contribution in [0.2, 0.25) is 0 Å². The van der Waals surface area contributed by atoms with Crippen LogP contribution in [0.3, 0.4) is 0 Å². The number of amides is 1. The van der Waals surface area contributed by atoms with Gasteiger partial charge in [0.05, 0.1) is 11.6 Å². The van der Waals surface area contributed by atoms with Crippen LogP contribution in [-0.4, -0.2) is 10.9 Å². The quantitative estimate of drug-likeness (QED) is 0.850. The van der Waals surface area contributed by atoms with Gasteiger partial charge in [-0.2, -0.15) is 4.39 Å². The zero-order valence-electron chi connectivity index (χ0n) is 10.6. The summed E-state index contributed by atoms with van der Waals surface area (Å²) >= 11 is 1.62. The van der Waals surface area contributed by atoms with Crippen LogP contribution in [0.1, 0.15) is 41.0 Å². The number of nitrogens with one attached hydrogen (secondary N) is 1. The summed E-state index contributed by atoms with van der Waals surface area (Å²) in [5.74, 6) is -0.806. The van der Waals surface area contributed by atoms with E-state index in [1.807, 2.05) is 17.5 Å². The molecule has 5 heteroatoms.